The van der Waals surface area contributed by atoms with Crippen LogP contribution in [0.2, 0.25) is 0 Å². The van der Waals surface area contributed by atoms with Gasteiger partial charge in [0.25, 0.3) is 0 Å². The highest BCUT2D eigenvalue weighted by atomic mass is 32.2. The van der Waals surface area contributed by atoms with Crippen molar-refractivity contribution in [3.05, 3.63) is 71.0 Å². The second-order valence-corrected chi connectivity index (χ2v) is 8.48. The molecule has 1 aromatic carbocycles. The highest BCUT2D eigenvalue weighted by Gasteiger charge is 2.16. The maximum atomic E-state index is 11.4. The predicted octanol–water partition coefficient (Wildman–Crippen LogP) is 2.42. The molecule has 0 fully saturated rings. The Kier molecular flexibility index (Phi) is 4.46. The lowest BCUT2D eigenvalue weighted by molar-refractivity contribution is 0.0691. The third-order valence-corrected chi connectivity index (χ3v) is 5.98. The van der Waals surface area contributed by atoms with Crippen LogP contribution < -0.4 is 5.14 Å². The van der Waals surface area contributed by atoms with Crippen LogP contribution in [-0.4, -0.2) is 34.0 Å². The summed E-state index contributed by atoms with van der Waals surface area (Å²) in [6.45, 7) is 0. The molecular formula is C18H14N4O4S2. The zero-order chi connectivity index (χ0) is 19.9. The third-order valence-electron chi connectivity index (χ3n) is 4.21. The van der Waals surface area contributed by atoms with Crippen molar-refractivity contribution in [2.75, 3.05) is 0 Å². The Labute approximate surface area is 164 Å². The Hall–Kier alpha value is -3.08. The van der Waals surface area contributed by atoms with Crippen LogP contribution in [0.5, 0.6) is 0 Å². The summed E-state index contributed by atoms with van der Waals surface area (Å²) >= 11 is 1.22. The van der Waals surface area contributed by atoms with Gasteiger partial charge in [-0.05, 0) is 41.8 Å². The van der Waals surface area contributed by atoms with Crippen molar-refractivity contribution < 1.29 is 18.3 Å². The fraction of sp³-hybridized carbons (Fsp3) is 0.0556. The summed E-state index contributed by atoms with van der Waals surface area (Å²) in [5.74, 6) is -1.08. The van der Waals surface area contributed by atoms with E-state index in [2.05, 4.69) is 9.97 Å². The first kappa shape index (κ1) is 18.3. The molecule has 0 unspecified atom stereocenters. The van der Waals surface area contributed by atoms with Crippen LogP contribution in [0.25, 0.3) is 16.2 Å². The first-order chi connectivity index (χ1) is 13.3. The van der Waals surface area contributed by atoms with Gasteiger partial charge in [-0.3, -0.25) is 4.57 Å². The van der Waals surface area contributed by atoms with Gasteiger partial charge in [-0.1, -0.05) is 12.1 Å². The number of fused-ring (bicyclic) bond motifs is 1. The molecule has 142 valence electrons. The van der Waals surface area contributed by atoms with Gasteiger partial charge in [0.1, 0.15) is 5.65 Å². The number of hydrogen-bond donors (Lipinski definition) is 2. The maximum absolute atomic E-state index is 11.4. The van der Waals surface area contributed by atoms with Crippen molar-refractivity contribution in [1.82, 2.24) is 14.5 Å². The van der Waals surface area contributed by atoms with Gasteiger partial charge in [-0.15, -0.1) is 11.3 Å². The van der Waals surface area contributed by atoms with Gasteiger partial charge >= 0.3 is 5.97 Å². The van der Waals surface area contributed by atoms with Gasteiger partial charge in [-0.2, -0.15) is 0 Å². The number of sulfonamides is 1. The smallest absolute Gasteiger partial charge is 0.355 e. The SMILES string of the molecule is NS(=O)(=O)c1ccc(Cc2cn(-c3nc(C(=O)O)cs3)c3ncccc23)cc1. The topological polar surface area (TPSA) is 128 Å². The summed E-state index contributed by atoms with van der Waals surface area (Å²) < 4.78 is 24.6. The minimum Gasteiger partial charge on any atom is -0.476 e. The van der Waals surface area contributed by atoms with E-state index in [1.165, 1.54) is 28.8 Å². The molecule has 0 aliphatic rings. The summed E-state index contributed by atoms with van der Waals surface area (Å²) in [6, 6.07) is 10.1. The molecule has 4 aromatic rings. The molecule has 0 bridgehead atoms. The molecule has 0 saturated heterocycles. The summed E-state index contributed by atoms with van der Waals surface area (Å²) in [7, 11) is -3.73. The fourth-order valence-electron chi connectivity index (χ4n) is 2.90. The van der Waals surface area contributed by atoms with Crippen molar-refractivity contribution in [3.8, 4) is 5.13 Å². The molecule has 3 aromatic heterocycles. The van der Waals surface area contributed by atoms with Gasteiger partial charge in [0.2, 0.25) is 10.0 Å². The first-order valence-electron chi connectivity index (χ1n) is 8.09. The second-order valence-electron chi connectivity index (χ2n) is 6.09. The number of nitrogens with zero attached hydrogens (tertiary/aromatic N) is 3. The van der Waals surface area contributed by atoms with Crippen LogP contribution >= 0.6 is 11.3 Å². The number of aromatic nitrogens is 3. The second kappa shape index (κ2) is 6.82. The Morgan fingerprint density at radius 3 is 2.61 bits per heavy atom. The zero-order valence-corrected chi connectivity index (χ0v) is 15.9. The van der Waals surface area contributed by atoms with Crippen molar-refractivity contribution in [2.45, 2.75) is 11.3 Å². The van der Waals surface area contributed by atoms with Crippen LogP contribution in [0.15, 0.2) is 59.1 Å². The van der Waals surface area contributed by atoms with Gasteiger partial charge in [-0.25, -0.2) is 28.3 Å². The predicted molar refractivity (Wildman–Crippen MR) is 104 cm³/mol. The number of hydrogen-bond acceptors (Lipinski definition) is 6. The number of benzene rings is 1. The van der Waals surface area contributed by atoms with Gasteiger partial charge in [0.15, 0.2) is 10.8 Å². The number of pyridine rings is 1. The Morgan fingerprint density at radius 1 is 1.21 bits per heavy atom. The summed E-state index contributed by atoms with van der Waals surface area (Å²) in [6.07, 6.45) is 4.07. The quantitative estimate of drug-likeness (QED) is 0.516. The molecule has 0 atom stereocenters. The molecule has 8 nitrogen and oxygen atoms in total. The van der Waals surface area contributed by atoms with E-state index in [1.807, 2.05) is 18.3 Å². The average molecular weight is 414 g/mol. The molecule has 0 aliphatic heterocycles. The Balaban J connectivity index is 1.75. The van der Waals surface area contributed by atoms with E-state index in [-0.39, 0.29) is 10.6 Å². The molecule has 0 aliphatic carbocycles. The number of carboxylic acids is 1. The number of carbonyl (C=O) groups is 1. The maximum Gasteiger partial charge on any atom is 0.355 e. The molecule has 3 heterocycles. The van der Waals surface area contributed by atoms with E-state index in [0.717, 1.165) is 16.5 Å². The lowest BCUT2D eigenvalue weighted by Crippen LogP contribution is -2.11. The number of thiazole rings is 1. The van der Waals surface area contributed by atoms with Crippen LogP contribution in [0.1, 0.15) is 21.6 Å². The molecule has 0 spiro atoms. The molecule has 3 N–H and O–H groups in total. The molecule has 4 rings (SSSR count). The monoisotopic (exact) mass is 414 g/mol. The van der Waals surface area contributed by atoms with Crippen LogP contribution in [0.4, 0.5) is 0 Å². The van der Waals surface area contributed by atoms with E-state index in [0.29, 0.717) is 17.2 Å². The summed E-state index contributed by atoms with van der Waals surface area (Å²) in [4.78, 5) is 19.7. The van der Waals surface area contributed by atoms with E-state index in [4.69, 9.17) is 10.2 Å². The van der Waals surface area contributed by atoms with Gasteiger partial charge < -0.3 is 5.11 Å². The number of rotatable bonds is 5. The van der Waals surface area contributed by atoms with Crippen molar-refractivity contribution in [1.29, 1.82) is 0 Å². The van der Waals surface area contributed by atoms with Crippen LogP contribution in [0, 0.1) is 0 Å². The largest absolute Gasteiger partial charge is 0.476 e. The normalized spacial score (nSPS) is 11.8. The first-order valence-corrected chi connectivity index (χ1v) is 10.5. The molecule has 0 amide bonds. The standard InChI is InChI=1S/C18H14N4O4S2/c19-28(25,26)13-5-3-11(4-6-13)8-12-9-22(16-14(12)2-1-7-20-16)18-21-15(10-27-18)17(23)24/h1-7,9-10H,8H2,(H,23,24)(H2,19,25,26). The summed E-state index contributed by atoms with van der Waals surface area (Å²) in [5.41, 5.74) is 2.52. The summed E-state index contributed by atoms with van der Waals surface area (Å²) in [5, 5.41) is 17.1. The molecule has 0 saturated carbocycles. The average Bonchev–Trinajstić information content (AvgIpc) is 3.27. The molecular weight excluding hydrogens is 400 g/mol. The van der Waals surface area contributed by atoms with E-state index in [9.17, 15) is 13.2 Å². The Morgan fingerprint density at radius 2 is 1.96 bits per heavy atom. The highest BCUT2D eigenvalue weighted by molar-refractivity contribution is 7.89. The van der Waals surface area contributed by atoms with Gasteiger partial charge in [0.05, 0.1) is 4.90 Å². The van der Waals surface area contributed by atoms with E-state index in [1.54, 1.807) is 22.9 Å². The van der Waals surface area contributed by atoms with Gasteiger partial charge in [0, 0.05) is 23.2 Å². The van der Waals surface area contributed by atoms with Crippen LogP contribution in [-0.2, 0) is 16.4 Å². The number of nitrogens with two attached hydrogens (primary N) is 1. The number of primary sulfonamides is 1. The van der Waals surface area contributed by atoms with Crippen LogP contribution in [0.3, 0.4) is 0 Å². The van der Waals surface area contributed by atoms with Crippen molar-refractivity contribution >= 4 is 38.4 Å². The lowest BCUT2D eigenvalue weighted by Gasteiger charge is -2.02. The molecule has 10 heteroatoms. The minimum absolute atomic E-state index is 0.0158. The molecule has 28 heavy (non-hydrogen) atoms. The fourth-order valence-corrected chi connectivity index (χ4v) is 4.19. The van der Waals surface area contributed by atoms with Crippen molar-refractivity contribution in [2.24, 2.45) is 5.14 Å². The number of aromatic carboxylic acids is 1. The van der Waals surface area contributed by atoms with Crippen molar-refractivity contribution in [3.63, 3.8) is 0 Å². The zero-order valence-electron chi connectivity index (χ0n) is 14.3. The lowest BCUT2D eigenvalue weighted by atomic mass is 10.1. The van der Waals surface area contributed by atoms with E-state index < -0.39 is 16.0 Å². The highest BCUT2D eigenvalue weighted by Crippen LogP contribution is 2.27. The molecule has 0 radical (unpaired) electrons. The van der Waals surface area contributed by atoms with E-state index >= 15 is 0 Å². The Bertz CT molecular complexity index is 1290. The minimum atomic E-state index is -3.73. The third kappa shape index (κ3) is 3.40. The number of carboxylic acid groups (broad SMARTS) is 1.